The first-order valence-electron chi connectivity index (χ1n) is 7.07. The minimum absolute atomic E-state index is 0.476. The Bertz CT molecular complexity index is 464. The lowest BCUT2D eigenvalue weighted by atomic mass is 10.0. The molecule has 0 saturated heterocycles. The topological polar surface area (TPSA) is 45.0 Å². The number of hydrogen-bond donors (Lipinski definition) is 1. The summed E-state index contributed by atoms with van der Waals surface area (Å²) in [6.45, 7) is 2.33. The molecule has 1 fully saturated rings. The lowest BCUT2D eigenvalue weighted by Crippen LogP contribution is -2.19. The maximum Gasteiger partial charge on any atom is 0.121 e. The van der Waals surface area contributed by atoms with E-state index in [1.54, 1.807) is 7.11 Å². The number of nitriles is 1. The van der Waals surface area contributed by atoms with E-state index in [0.29, 0.717) is 11.6 Å². The zero-order chi connectivity index (χ0) is 13.7. The molecule has 0 aliphatic heterocycles. The third-order valence-electron chi connectivity index (χ3n) is 3.96. The fraction of sp³-hybridized carbons (Fsp3) is 0.562. The molecule has 0 heterocycles. The molecule has 0 radical (unpaired) electrons. The molecular weight excluding hydrogens is 236 g/mol. The number of nitrogens with one attached hydrogen (secondary N) is 1. The van der Waals surface area contributed by atoms with Crippen LogP contribution in [-0.2, 0) is 0 Å². The summed E-state index contributed by atoms with van der Waals surface area (Å²) in [5, 5.41) is 12.7. The Morgan fingerprint density at radius 2 is 2.11 bits per heavy atom. The van der Waals surface area contributed by atoms with Crippen molar-refractivity contribution in [2.24, 2.45) is 5.92 Å². The van der Waals surface area contributed by atoms with Crippen LogP contribution in [0.3, 0.4) is 0 Å². The predicted octanol–water partition coefficient (Wildman–Crippen LogP) is 3.95. The molecule has 1 saturated carbocycles. The van der Waals surface area contributed by atoms with Gasteiger partial charge in [-0.05, 0) is 37.3 Å². The Labute approximate surface area is 115 Å². The van der Waals surface area contributed by atoms with E-state index in [4.69, 9.17) is 4.74 Å². The fourth-order valence-corrected chi connectivity index (χ4v) is 2.72. The smallest absolute Gasteiger partial charge is 0.121 e. The number of ether oxygens (including phenoxy) is 1. The first kappa shape index (κ1) is 13.7. The molecule has 1 N–H and O–H groups in total. The van der Waals surface area contributed by atoms with Crippen molar-refractivity contribution in [3.63, 3.8) is 0 Å². The van der Waals surface area contributed by atoms with Crippen LogP contribution in [0.2, 0.25) is 0 Å². The van der Waals surface area contributed by atoms with Crippen LogP contribution >= 0.6 is 0 Å². The molecule has 102 valence electrons. The third kappa shape index (κ3) is 3.64. The van der Waals surface area contributed by atoms with Gasteiger partial charge in [-0.1, -0.05) is 19.8 Å². The van der Waals surface area contributed by atoms with Gasteiger partial charge in [0, 0.05) is 12.1 Å². The summed E-state index contributed by atoms with van der Waals surface area (Å²) in [6.07, 6.45) is 6.23. The average molecular weight is 258 g/mol. The number of benzene rings is 1. The van der Waals surface area contributed by atoms with Crippen molar-refractivity contribution in [1.82, 2.24) is 0 Å². The summed E-state index contributed by atoms with van der Waals surface area (Å²) in [4.78, 5) is 0. The maximum absolute atomic E-state index is 9.18. The van der Waals surface area contributed by atoms with Crippen LogP contribution in [0.1, 0.15) is 44.6 Å². The lowest BCUT2D eigenvalue weighted by molar-refractivity contribution is 0.415. The van der Waals surface area contributed by atoms with Crippen molar-refractivity contribution in [2.45, 2.75) is 45.1 Å². The van der Waals surface area contributed by atoms with E-state index >= 15 is 0 Å². The first-order valence-corrected chi connectivity index (χ1v) is 7.07. The summed E-state index contributed by atoms with van der Waals surface area (Å²) in [7, 11) is 1.65. The Kier molecular flexibility index (Phi) is 4.68. The van der Waals surface area contributed by atoms with Crippen LogP contribution in [0.15, 0.2) is 18.2 Å². The summed E-state index contributed by atoms with van der Waals surface area (Å²) in [5.74, 6) is 1.62. The van der Waals surface area contributed by atoms with Crippen LogP contribution in [0.25, 0.3) is 0 Å². The molecule has 2 unspecified atom stereocenters. The van der Waals surface area contributed by atoms with Crippen LogP contribution < -0.4 is 10.1 Å². The van der Waals surface area contributed by atoms with E-state index in [2.05, 4.69) is 18.3 Å². The largest absolute Gasteiger partial charge is 0.497 e. The molecule has 0 bridgehead atoms. The van der Waals surface area contributed by atoms with Gasteiger partial charge >= 0.3 is 0 Å². The van der Waals surface area contributed by atoms with E-state index in [1.165, 1.54) is 32.1 Å². The molecule has 0 amide bonds. The van der Waals surface area contributed by atoms with Gasteiger partial charge in [0.2, 0.25) is 0 Å². The summed E-state index contributed by atoms with van der Waals surface area (Å²) < 4.78 is 5.24. The molecule has 1 aromatic carbocycles. The normalized spacial score (nSPS) is 23.2. The average Bonchev–Trinajstić information content (AvgIpc) is 2.63. The fourth-order valence-electron chi connectivity index (χ4n) is 2.72. The Balaban J connectivity index is 2.11. The van der Waals surface area contributed by atoms with Gasteiger partial charge in [0.05, 0.1) is 18.4 Å². The highest BCUT2D eigenvalue weighted by Gasteiger charge is 2.17. The van der Waals surface area contributed by atoms with Gasteiger partial charge in [-0.15, -0.1) is 0 Å². The van der Waals surface area contributed by atoms with Crippen LogP contribution in [0.4, 0.5) is 5.69 Å². The van der Waals surface area contributed by atoms with Crippen LogP contribution in [0, 0.1) is 17.2 Å². The van der Waals surface area contributed by atoms with Gasteiger partial charge in [-0.3, -0.25) is 0 Å². The Morgan fingerprint density at radius 1 is 1.26 bits per heavy atom. The molecule has 3 heteroatoms. The quantitative estimate of drug-likeness (QED) is 0.835. The third-order valence-corrected chi connectivity index (χ3v) is 3.96. The SMILES string of the molecule is COc1ccc(C#N)c(NC2CCCC(C)CC2)c1. The second kappa shape index (κ2) is 6.47. The van der Waals surface area contributed by atoms with E-state index in [9.17, 15) is 5.26 Å². The highest BCUT2D eigenvalue weighted by Crippen LogP contribution is 2.28. The summed E-state index contributed by atoms with van der Waals surface area (Å²) in [6, 6.07) is 8.29. The number of anilines is 1. The monoisotopic (exact) mass is 258 g/mol. The van der Waals surface area contributed by atoms with Gasteiger partial charge in [0.25, 0.3) is 0 Å². The number of methoxy groups -OCH3 is 1. The number of rotatable bonds is 3. The van der Waals surface area contributed by atoms with E-state index in [-0.39, 0.29) is 0 Å². The zero-order valence-corrected chi connectivity index (χ0v) is 11.8. The first-order chi connectivity index (χ1) is 9.22. The van der Waals surface area contributed by atoms with Crippen LogP contribution in [-0.4, -0.2) is 13.2 Å². The van der Waals surface area contributed by atoms with E-state index < -0.39 is 0 Å². The van der Waals surface area contributed by atoms with Crippen molar-refractivity contribution in [3.8, 4) is 11.8 Å². The Morgan fingerprint density at radius 3 is 2.84 bits per heavy atom. The number of hydrogen-bond acceptors (Lipinski definition) is 3. The molecule has 2 atom stereocenters. The predicted molar refractivity (Wildman–Crippen MR) is 77.4 cm³/mol. The molecule has 0 spiro atoms. The second-order valence-corrected chi connectivity index (χ2v) is 5.48. The molecular formula is C16H22N2O. The van der Waals surface area contributed by atoms with Crippen molar-refractivity contribution in [1.29, 1.82) is 5.26 Å². The van der Waals surface area contributed by atoms with Crippen molar-refractivity contribution >= 4 is 5.69 Å². The Hall–Kier alpha value is -1.69. The van der Waals surface area contributed by atoms with Gasteiger partial charge in [0.15, 0.2) is 0 Å². The van der Waals surface area contributed by atoms with Crippen molar-refractivity contribution in [2.75, 3.05) is 12.4 Å². The number of nitrogens with zero attached hydrogens (tertiary/aromatic N) is 1. The van der Waals surface area contributed by atoms with E-state index in [0.717, 1.165) is 17.4 Å². The van der Waals surface area contributed by atoms with Gasteiger partial charge < -0.3 is 10.1 Å². The highest BCUT2D eigenvalue weighted by molar-refractivity contribution is 5.60. The molecule has 0 aromatic heterocycles. The molecule has 1 aliphatic rings. The molecule has 2 rings (SSSR count). The summed E-state index contributed by atoms with van der Waals surface area (Å²) in [5.41, 5.74) is 1.60. The molecule has 1 aliphatic carbocycles. The lowest BCUT2D eigenvalue weighted by Gasteiger charge is -2.19. The van der Waals surface area contributed by atoms with Gasteiger partial charge in [0.1, 0.15) is 11.8 Å². The molecule has 1 aromatic rings. The summed E-state index contributed by atoms with van der Waals surface area (Å²) >= 11 is 0. The standard InChI is InChI=1S/C16H22N2O/c1-12-4-3-5-14(8-6-12)18-16-10-15(19-2)9-7-13(16)11-17/h7,9-10,12,14,18H,3-6,8H2,1-2H3. The second-order valence-electron chi connectivity index (χ2n) is 5.48. The molecule has 3 nitrogen and oxygen atoms in total. The maximum atomic E-state index is 9.18. The van der Waals surface area contributed by atoms with Crippen molar-refractivity contribution in [3.05, 3.63) is 23.8 Å². The van der Waals surface area contributed by atoms with Gasteiger partial charge in [-0.25, -0.2) is 0 Å². The van der Waals surface area contributed by atoms with Crippen molar-refractivity contribution < 1.29 is 4.74 Å². The van der Waals surface area contributed by atoms with Crippen LogP contribution in [0.5, 0.6) is 5.75 Å². The minimum atomic E-state index is 0.476. The minimum Gasteiger partial charge on any atom is -0.497 e. The zero-order valence-electron chi connectivity index (χ0n) is 11.8. The molecule has 19 heavy (non-hydrogen) atoms. The van der Waals surface area contributed by atoms with Gasteiger partial charge in [-0.2, -0.15) is 5.26 Å². The van der Waals surface area contributed by atoms with E-state index in [1.807, 2.05) is 18.2 Å². The highest BCUT2D eigenvalue weighted by atomic mass is 16.5.